The number of anilines is 1. The predicted octanol–water partition coefficient (Wildman–Crippen LogP) is 2.80. The number of benzene rings is 1. The van der Waals surface area contributed by atoms with Crippen LogP contribution in [-0.2, 0) is 14.3 Å². The van der Waals surface area contributed by atoms with E-state index in [2.05, 4.69) is 5.32 Å². The molecule has 1 aliphatic carbocycles. The Kier molecular flexibility index (Phi) is 5.03. The topological polar surface area (TPSA) is 55.4 Å². The monoisotopic (exact) mass is 295 g/mol. The second-order valence-electron chi connectivity index (χ2n) is 4.76. The Labute approximate surface area is 120 Å². The zero-order valence-electron chi connectivity index (χ0n) is 11.3. The molecule has 0 radical (unpaired) electrons. The van der Waals surface area contributed by atoms with E-state index in [1.165, 1.54) is 0 Å². The highest BCUT2D eigenvalue weighted by Gasteiger charge is 2.21. The average Bonchev–Trinajstić information content (AvgIpc) is 2.49. The number of ether oxygens (including phenoxy) is 1. The quantitative estimate of drug-likeness (QED) is 0.686. The van der Waals surface area contributed by atoms with Gasteiger partial charge in [-0.3, -0.25) is 9.59 Å². The van der Waals surface area contributed by atoms with Crippen LogP contribution < -0.4 is 5.32 Å². The molecular weight excluding hydrogens is 280 g/mol. The Morgan fingerprint density at radius 1 is 1.29 bits per heavy atom. The molecule has 0 fully saturated rings. The minimum absolute atomic E-state index is 0.242. The molecule has 1 amide bonds. The first-order valence-corrected chi connectivity index (χ1v) is 6.63. The Bertz CT molecular complexity index is 572. The Balaban J connectivity index is 1.83. The molecule has 0 saturated carbocycles. The Morgan fingerprint density at radius 3 is 2.81 bits per heavy atom. The summed E-state index contributed by atoms with van der Waals surface area (Å²) in [6, 6.07) is 2.72. The summed E-state index contributed by atoms with van der Waals surface area (Å²) in [5, 5.41) is 2.16. The van der Waals surface area contributed by atoms with Gasteiger partial charge < -0.3 is 10.1 Å². The average molecular weight is 295 g/mol. The molecule has 112 valence electrons. The van der Waals surface area contributed by atoms with Gasteiger partial charge in [0.25, 0.3) is 5.91 Å². The molecule has 1 aromatic rings. The van der Waals surface area contributed by atoms with E-state index in [1.54, 1.807) is 0 Å². The van der Waals surface area contributed by atoms with E-state index in [-0.39, 0.29) is 11.6 Å². The van der Waals surface area contributed by atoms with Crippen molar-refractivity contribution < 1.29 is 23.1 Å². The molecule has 2 rings (SSSR count). The SMILES string of the molecule is O=C(COC(=O)[C@@H]1CC=CCC1)Nc1cc(F)ccc1F. The van der Waals surface area contributed by atoms with Gasteiger partial charge in [0, 0.05) is 6.07 Å². The Morgan fingerprint density at radius 2 is 2.10 bits per heavy atom. The van der Waals surface area contributed by atoms with Gasteiger partial charge in [-0.25, -0.2) is 8.78 Å². The molecule has 21 heavy (non-hydrogen) atoms. The van der Waals surface area contributed by atoms with Crippen molar-refractivity contribution >= 4 is 17.6 Å². The van der Waals surface area contributed by atoms with Crippen molar-refractivity contribution in [2.75, 3.05) is 11.9 Å². The van der Waals surface area contributed by atoms with Crippen molar-refractivity contribution in [1.82, 2.24) is 0 Å². The number of allylic oxidation sites excluding steroid dienone is 2. The summed E-state index contributed by atoms with van der Waals surface area (Å²) < 4.78 is 31.2. The van der Waals surface area contributed by atoms with Gasteiger partial charge in [0.15, 0.2) is 6.61 Å². The number of rotatable bonds is 4. The second kappa shape index (κ2) is 6.97. The van der Waals surface area contributed by atoms with E-state index in [9.17, 15) is 18.4 Å². The number of carbonyl (C=O) groups excluding carboxylic acids is 2. The maximum absolute atomic E-state index is 13.3. The number of nitrogens with one attached hydrogen (secondary N) is 1. The molecule has 6 heteroatoms. The van der Waals surface area contributed by atoms with Crippen molar-refractivity contribution in [3.05, 3.63) is 42.0 Å². The van der Waals surface area contributed by atoms with Crippen molar-refractivity contribution in [2.45, 2.75) is 19.3 Å². The zero-order chi connectivity index (χ0) is 15.2. The van der Waals surface area contributed by atoms with Crippen LogP contribution in [0.5, 0.6) is 0 Å². The van der Waals surface area contributed by atoms with Crippen LogP contribution in [0.3, 0.4) is 0 Å². The Hall–Kier alpha value is -2.24. The molecule has 1 aromatic carbocycles. The third-order valence-corrected chi connectivity index (χ3v) is 3.15. The third kappa shape index (κ3) is 4.37. The van der Waals surface area contributed by atoms with E-state index in [1.807, 2.05) is 12.2 Å². The molecular formula is C15H15F2NO3. The van der Waals surface area contributed by atoms with Gasteiger partial charge in [-0.1, -0.05) is 12.2 Å². The van der Waals surface area contributed by atoms with Crippen LogP contribution in [0.1, 0.15) is 19.3 Å². The lowest BCUT2D eigenvalue weighted by Crippen LogP contribution is -2.25. The van der Waals surface area contributed by atoms with Gasteiger partial charge in [0.2, 0.25) is 0 Å². The van der Waals surface area contributed by atoms with Gasteiger partial charge >= 0.3 is 5.97 Å². The van der Waals surface area contributed by atoms with Crippen molar-refractivity contribution in [3.8, 4) is 0 Å². The highest BCUT2D eigenvalue weighted by atomic mass is 19.1. The van der Waals surface area contributed by atoms with Crippen LogP contribution in [0.15, 0.2) is 30.4 Å². The molecule has 4 nitrogen and oxygen atoms in total. The number of halogens is 2. The van der Waals surface area contributed by atoms with Crippen LogP contribution in [0.25, 0.3) is 0 Å². The van der Waals surface area contributed by atoms with E-state index in [0.29, 0.717) is 12.8 Å². The van der Waals surface area contributed by atoms with Crippen molar-refractivity contribution in [3.63, 3.8) is 0 Å². The van der Waals surface area contributed by atoms with Crippen LogP contribution in [0.4, 0.5) is 14.5 Å². The van der Waals surface area contributed by atoms with Gasteiger partial charge in [-0.2, -0.15) is 0 Å². The van der Waals surface area contributed by atoms with Gasteiger partial charge in [0.05, 0.1) is 11.6 Å². The predicted molar refractivity (Wildman–Crippen MR) is 72.4 cm³/mol. The first-order chi connectivity index (χ1) is 10.1. The van der Waals surface area contributed by atoms with Gasteiger partial charge in [-0.05, 0) is 31.4 Å². The van der Waals surface area contributed by atoms with E-state index >= 15 is 0 Å². The fourth-order valence-electron chi connectivity index (χ4n) is 2.04. The first-order valence-electron chi connectivity index (χ1n) is 6.63. The number of hydrogen-bond donors (Lipinski definition) is 1. The second-order valence-corrected chi connectivity index (χ2v) is 4.76. The molecule has 0 aromatic heterocycles. The van der Waals surface area contributed by atoms with Crippen LogP contribution >= 0.6 is 0 Å². The summed E-state index contributed by atoms with van der Waals surface area (Å²) >= 11 is 0. The van der Waals surface area contributed by atoms with Gasteiger partial charge in [-0.15, -0.1) is 0 Å². The highest BCUT2D eigenvalue weighted by molar-refractivity contribution is 5.93. The summed E-state index contributed by atoms with van der Waals surface area (Å²) in [4.78, 5) is 23.3. The van der Waals surface area contributed by atoms with E-state index in [4.69, 9.17) is 4.74 Å². The lowest BCUT2D eigenvalue weighted by molar-refractivity contribution is -0.151. The van der Waals surface area contributed by atoms with Crippen LogP contribution in [-0.4, -0.2) is 18.5 Å². The largest absolute Gasteiger partial charge is 0.455 e. The summed E-state index contributed by atoms with van der Waals surface area (Å²) in [7, 11) is 0. The molecule has 0 aliphatic heterocycles. The number of hydrogen-bond acceptors (Lipinski definition) is 3. The molecule has 0 spiro atoms. The summed E-state index contributed by atoms with van der Waals surface area (Å²) in [6.07, 6.45) is 5.98. The third-order valence-electron chi connectivity index (χ3n) is 3.15. The first kappa shape index (κ1) is 15.2. The zero-order valence-corrected chi connectivity index (χ0v) is 11.3. The fraction of sp³-hybridized carbons (Fsp3) is 0.333. The molecule has 1 N–H and O–H groups in total. The smallest absolute Gasteiger partial charge is 0.309 e. The summed E-state index contributed by atoms with van der Waals surface area (Å²) in [6.45, 7) is -0.519. The maximum atomic E-state index is 13.3. The lowest BCUT2D eigenvalue weighted by atomic mass is 9.95. The molecule has 0 unspecified atom stereocenters. The normalized spacial score (nSPS) is 17.3. The van der Waals surface area contributed by atoms with Crippen molar-refractivity contribution in [1.29, 1.82) is 0 Å². The number of amides is 1. The van der Waals surface area contributed by atoms with Crippen LogP contribution in [0.2, 0.25) is 0 Å². The maximum Gasteiger partial charge on any atom is 0.309 e. The van der Waals surface area contributed by atoms with Crippen LogP contribution in [0, 0.1) is 17.6 Å². The minimum atomic E-state index is -0.756. The number of carbonyl (C=O) groups is 2. The van der Waals surface area contributed by atoms with E-state index in [0.717, 1.165) is 24.6 Å². The molecule has 1 aliphatic rings. The molecule has 0 bridgehead atoms. The summed E-state index contributed by atoms with van der Waals surface area (Å²) in [5.41, 5.74) is -0.281. The highest BCUT2D eigenvalue weighted by Crippen LogP contribution is 2.19. The standard InChI is InChI=1S/C15H15F2NO3/c16-11-6-7-12(17)13(8-11)18-14(19)9-21-15(20)10-4-2-1-3-5-10/h1-2,6-8,10H,3-5,9H2,(H,18,19)/t10-/m1/s1. The summed E-state index contributed by atoms with van der Waals surface area (Å²) in [5.74, 6) is -2.83. The number of esters is 1. The van der Waals surface area contributed by atoms with E-state index < -0.39 is 30.1 Å². The fourth-order valence-corrected chi connectivity index (χ4v) is 2.04. The lowest BCUT2D eigenvalue weighted by Gasteiger charge is -2.16. The molecule has 0 saturated heterocycles. The molecule has 1 atom stereocenters. The van der Waals surface area contributed by atoms with Gasteiger partial charge in [0.1, 0.15) is 11.6 Å². The minimum Gasteiger partial charge on any atom is -0.455 e. The molecule has 0 heterocycles. The van der Waals surface area contributed by atoms with Crippen molar-refractivity contribution in [2.24, 2.45) is 5.92 Å².